The number of aromatic nitrogens is 1. The highest BCUT2D eigenvalue weighted by atomic mass is 19.3. The number of hydrogen-bond donors (Lipinski definition) is 2. The van der Waals surface area contributed by atoms with Crippen LogP contribution >= 0.6 is 0 Å². The molecule has 0 bridgehead atoms. The number of aryl methyl sites for hydroxylation is 1. The molecule has 0 spiro atoms. The number of alkyl carbamates (subject to hydrolysis) is 1. The number of halogens is 4. The van der Waals surface area contributed by atoms with Crippen molar-refractivity contribution in [1.29, 1.82) is 0 Å². The zero-order valence-corrected chi connectivity index (χ0v) is 21.4. The molecule has 1 aromatic carbocycles. The van der Waals surface area contributed by atoms with Crippen LogP contribution in [0.4, 0.5) is 28.0 Å². The van der Waals surface area contributed by atoms with Gasteiger partial charge in [-0.2, -0.15) is 0 Å². The van der Waals surface area contributed by atoms with Gasteiger partial charge in [-0.15, -0.1) is 0 Å². The fraction of sp³-hybridized carbons (Fsp3) is 0.577. The van der Waals surface area contributed by atoms with Crippen molar-refractivity contribution in [2.45, 2.75) is 76.2 Å². The first-order valence-corrected chi connectivity index (χ1v) is 12.4. The van der Waals surface area contributed by atoms with E-state index in [1.807, 2.05) is 0 Å². The predicted octanol–water partition coefficient (Wildman–Crippen LogP) is 4.56. The van der Waals surface area contributed by atoms with Crippen LogP contribution in [0.25, 0.3) is 10.9 Å². The summed E-state index contributed by atoms with van der Waals surface area (Å²) in [6.45, 7) is 6.03. The van der Waals surface area contributed by atoms with Gasteiger partial charge < -0.3 is 24.6 Å². The number of amides is 1. The van der Waals surface area contributed by atoms with E-state index in [2.05, 4.69) is 5.32 Å². The predicted molar refractivity (Wildman–Crippen MR) is 130 cm³/mol. The molecule has 1 amide bonds. The summed E-state index contributed by atoms with van der Waals surface area (Å²) in [5.41, 5.74) is -3.47. The number of nitrogens with zero attached hydrogens (tertiary/aromatic N) is 2. The van der Waals surface area contributed by atoms with Crippen LogP contribution in [-0.2, 0) is 4.74 Å². The van der Waals surface area contributed by atoms with Gasteiger partial charge in [0.05, 0.1) is 28.7 Å². The highest BCUT2D eigenvalue weighted by molar-refractivity contribution is 5.95. The number of pyridine rings is 1. The molecule has 1 saturated heterocycles. The number of aromatic carboxylic acids is 1. The van der Waals surface area contributed by atoms with E-state index in [4.69, 9.17) is 4.74 Å². The lowest BCUT2D eigenvalue weighted by atomic mass is 9.89. The van der Waals surface area contributed by atoms with Gasteiger partial charge in [0.2, 0.25) is 5.43 Å². The van der Waals surface area contributed by atoms with Gasteiger partial charge in [-0.25, -0.2) is 27.2 Å². The Balaban J connectivity index is 1.61. The average molecular weight is 540 g/mol. The third kappa shape index (κ3) is 4.17. The maximum Gasteiger partial charge on any atom is 0.408 e. The van der Waals surface area contributed by atoms with E-state index in [-0.39, 0.29) is 48.1 Å². The lowest BCUT2D eigenvalue weighted by molar-refractivity contribution is -0.0415. The van der Waals surface area contributed by atoms with E-state index in [9.17, 15) is 23.9 Å². The SMILES string of the molecule is Cc1c(N2C[C@H]3C(F)(F)CC[C@@]3(NC(=O)OC(C)(C)C)C2)c(F)cc2c(=O)c(C(=O)O)cn([C@@H]3CC3F)c12. The van der Waals surface area contributed by atoms with E-state index >= 15 is 13.2 Å². The molecule has 5 rings (SSSR count). The summed E-state index contributed by atoms with van der Waals surface area (Å²) in [6, 6.07) is 0.161. The number of carboxylic acids is 1. The van der Waals surface area contributed by atoms with E-state index in [1.54, 1.807) is 20.8 Å². The Kier molecular flexibility index (Phi) is 5.78. The number of anilines is 1. The first-order chi connectivity index (χ1) is 17.5. The maximum absolute atomic E-state index is 15.6. The van der Waals surface area contributed by atoms with Gasteiger partial charge in [0.15, 0.2) is 0 Å². The van der Waals surface area contributed by atoms with Crippen LogP contribution in [0.1, 0.15) is 62.0 Å². The zero-order valence-electron chi connectivity index (χ0n) is 21.4. The molecule has 3 fully saturated rings. The molecule has 2 heterocycles. The molecule has 2 N–H and O–H groups in total. The van der Waals surface area contributed by atoms with Crippen LogP contribution < -0.4 is 15.6 Å². The topological polar surface area (TPSA) is 101 Å². The molecule has 2 saturated carbocycles. The Morgan fingerprint density at radius 1 is 1.24 bits per heavy atom. The number of carboxylic acid groups (broad SMARTS) is 1. The van der Waals surface area contributed by atoms with Crippen molar-refractivity contribution in [2.75, 3.05) is 18.0 Å². The number of fused-ring (bicyclic) bond motifs is 2. The number of ether oxygens (including phenoxy) is 1. The summed E-state index contributed by atoms with van der Waals surface area (Å²) in [5, 5.41) is 11.9. The minimum absolute atomic E-state index is 0.0487. The Hall–Kier alpha value is -3.31. The molecule has 4 atom stereocenters. The number of rotatable bonds is 4. The van der Waals surface area contributed by atoms with Crippen LogP contribution in [0.5, 0.6) is 0 Å². The van der Waals surface area contributed by atoms with Gasteiger partial charge in [-0.1, -0.05) is 0 Å². The number of benzene rings is 1. The first-order valence-electron chi connectivity index (χ1n) is 12.4. The Bertz CT molecular complexity index is 1420. The van der Waals surface area contributed by atoms with Crippen molar-refractivity contribution in [3.8, 4) is 0 Å². The van der Waals surface area contributed by atoms with E-state index < -0.39 is 70.5 Å². The van der Waals surface area contributed by atoms with Gasteiger partial charge >= 0.3 is 12.1 Å². The lowest BCUT2D eigenvalue weighted by Crippen LogP contribution is -2.54. The third-order valence-electron chi connectivity index (χ3n) is 7.77. The van der Waals surface area contributed by atoms with Crippen molar-refractivity contribution in [1.82, 2.24) is 9.88 Å². The number of hydrogen-bond acceptors (Lipinski definition) is 5. The van der Waals surface area contributed by atoms with E-state index in [0.29, 0.717) is 0 Å². The summed E-state index contributed by atoms with van der Waals surface area (Å²) in [4.78, 5) is 38.6. The van der Waals surface area contributed by atoms with Gasteiger partial charge in [0.25, 0.3) is 5.92 Å². The lowest BCUT2D eigenvalue weighted by Gasteiger charge is -2.32. The van der Waals surface area contributed by atoms with Crippen LogP contribution in [0.15, 0.2) is 17.1 Å². The van der Waals surface area contributed by atoms with Crippen molar-refractivity contribution < 1.29 is 37.0 Å². The maximum atomic E-state index is 15.6. The average Bonchev–Trinajstić information content (AvgIpc) is 3.30. The summed E-state index contributed by atoms with van der Waals surface area (Å²) in [6.07, 6.45) is -1.45. The molecule has 1 aromatic heterocycles. The fourth-order valence-corrected chi connectivity index (χ4v) is 6.04. The third-order valence-corrected chi connectivity index (χ3v) is 7.77. The summed E-state index contributed by atoms with van der Waals surface area (Å²) >= 11 is 0. The van der Waals surface area contributed by atoms with Crippen LogP contribution in [0.3, 0.4) is 0 Å². The second-order valence-electron chi connectivity index (χ2n) is 11.6. The van der Waals surface area contributed by atoms with Crippen molar-refractivity contribution in [3.63, 3.8) is 0 Å². The second kappa shape index (κ2) is 8.34. The van der Waals surface area contributed by atoms with Gasteiger partial charge in [-0.05, 0) is 45.7 Å². The summed E-state index contributed by atoms with van der Waals surface area (Å²) < 4.78 is 66.4. The van der Waals surface area contributed by atoms with Gasteiger partial charge in [0.1, 0.15) is 23.2 Å². The van der Waals surface area contributed by atoms with Gasteiger partial charge in [0, 0.05) is 37.5 Å². The smallest absolute Gasteiger partial charge is 0.408 e. The normalized spacial score (nSPS) is 27.9. The molecule has 2 aliphatic carbocycles. The highest BCUT2D eigenvalue weighted by Gasteiger charge is 2.64. The number of carbonyl (C=O) groups excluding carboxylic acids is 1. The van der Waals surface area contributed by atoms with Crippen LogP contribution in [-0.4, -0.2) is 58.1 Å². The summed E-state index contributed by atoms with van der Waals surface area (Å²) in [5.74, 6) is -6.87. The summed E-state index contributed by atoms with van der Waals surface area (Å²) in [7, 11) is 0. The van der Waals surface area contributed by atoms with Crippen LogP contribution in [0, 0.1) is 18.7 Å². The molecule has 206 valence electrons. The molecule has 12 heteroatoms. The molecule has 2 aromatic rings. The highest BCUT2D eigenvalue weighted by Crippen LogP contribution is 2.52. The molecular formula is C26H29F4N3O5. The molecule has 0 radical (unpaired) electrons. The Morgan fingerprint density at radius 3 is 2.47 bits per heavy atom. The first kappa shape index (κ1) is 26.3. The van der Waals surface area contributed by atoms with Crippen molar-refractivity contribution in [2.24, 2.45) is 5.92 Å². The van der Waals surface area contributed by atoms with Crippen molar-refractivity contribution in [3.05, 3.63) is 39.4 Å². The minimum atomic E-state index is -3.13. The van der Waals surface area contributed by atoms with Crippen molar-refractivity contribution >= 4 is 28.7 Å². The largest absolute Gasteiger partial charge is 0.477 e. The van der Waals surface area contributed by atoms with Crippen LogP contribution in [0.2, 0.25) is 0 Å². The quantitative estimate of drug-likeness (QED) is 0.553. The molecule has 38 heavy (non-hydrogen) atoms. The number of alkyl halides is 3. The Morgan fingerprint density at radius 2 is 1.89 bits per heavy atom. The molecule has 8 nitrogen and oxygen atoms in total. The van der Waals surface area contributed by atoms with E-state index in [1.165, 1.54) is 16.4 Å². The fourth-order valence-electron chi connectivity index (χ4n) is 6.04. The Labute approximate surface area is 215 Å². The molecule has 1 unspecified atom stereocenters. The van der Waals surface area contributed by atoms with E-state index in [0.717, 1.165) is 12.3 Å². The second-order valence-corrected chi connectivity index (χ2v) is 11.6. The number of nitrogens with one attached hydrogen (secondary N) is 1. The molecule has 1 aliphatic heterocycles. The molecular weight excluding hydrogens is 510 g/mol. The van der Waals surface area contributed by atoms with Gasteiger partial charge in [-0.3, -0.25) is 4.79 Å². The monoisotopic (exact) mass is 539 g/mol. The zero-order chi connectivity index (χ0) is 27.9. The standard InChI is InChI=1S/C26H29F4N3O5/c1-12-19-13(21(34)14(22(35)36)9-33(19)17-8-15(17)27)7-16(28)20(12)32-10-18-25(11-32,5-6-26(18,29)30)31-23(37)38-24(2,3)4/h7,9,15,17-18H,5-6,8,10-11H2,1-4H3,(H,31,37)(H,35,36)/t15?,17-,18-,25-/m1/s1. The molecule has 3 aliphatic rings. The number of carbonyl (C=O) groups is 2. The minimum Gasteiger partial charge on any atom is -0.477 e.